The van der Waals surface area contributed by atoms with Crippen LogP contribution in [0.15, 0.2) is 24.3 Å². The number of aliphatic hydroxyl groups excluding tert-OH is 1. The molecule has 0 aromatic heterocycles. The van der Waals surface area contributed by atoms with Gasteiger partial charge >= 0.3 is 0 Å². The van der Waals surface area contributed by atoms with Gasteiger partial charge in [0.25, 0.3) is 0 Å². The molecule has 3 heteroatoms. The van der Waals surface area contributed by atoms with Gasteiger partial charge in [0.15, 0.2) is 0 Å². The summed E-state index contributed by atoms with van der Waals surface area (Å²) in [6.07, 6.45) is -0.500. The van der Waals surface area contributed by atoms with E-state index < -0.39 is 6.29 Å². The Hall–Kier alpha value is -1.06. The maximum absolute atomic E-state index is 8.77. The van der Waals surface area contributed by atoms with Crippen molar-refractivity contribution in [3.63, 3.8) is 0 Å². The van der Waals surface area contributed by atoms with Crippen LogP contribution in [0.2, 0.25) is 0 Å². The van der Waals surface area contributed by atoms with E-state index in [-0.39, 0.29) is 6.61 Å². The van der Waals surface area contributed by atoms with Crippen LogP contribution in [0.3, 0.4) is 0 Å². The van der Waals surface area contributed by atoms with Crippen LogP contribution in [0.5, 0.6) is 5.75 Å². The van der Waals surface area contributed by atoms with Crippen LogP contribution in [0, 0.1) is 0 Å². The molecular weight excluding hydrogens is 156 g/mol. The first kappa shape index (κ1) is 7.58. The second-order valence-corrected chi connectivity index (χ2v) is 2.65. The first-order chi connectivity index (χ1) is 5.90. The number of aliphatic hydroxyl groups is 1. The van der Waals surface area contributed by atoms with Crippen LogP contribution < -0.4 is 4.74 Å². The van der Waals surface area contributed by atoms with E-state index in [1.165, 1.54) is 0 Å². The minimum absolute atomic E-state index is 0.103. The lowest BCUT2D eigenvalue weighted by atomic mass is 10.2. The molecule has 1 aliphatic heterocycles. The fourth-order valence-corrected chi connectivity index (χ4v) is 1.19. The van der Waals surface area contributed by atoms with Crippen molar-refractivity contribution in [3.05, 3.63) is 29.8 Å². The topological polar surface area (TPSA) is 38.7 Å². The Kier molecular flexibility index (Phi) is 1.98. The van der Waals surface area contributed by atoms with Gasteiger partial charge in [0.1, 0.15) is 12.4 Å². The average molecular weight is 166 g/mol. The molecule has 1 unspecified atom stereocenters. The zero-order chi connectivity index (χ0) is 8.39. The zero-order valence-electron chi connectivity index (χ0n) is 6.56. The van der Waals surface area contributed by atoms with Crippen LogP contribution in [0.4, 0.5) is 0 Å². The summed E-state index contributed by atoms with van der Waals surface area (Å²) >= 11 is 0. The molecule has 0 radical (unpaired) electrons. The number of ether oxygens (including phenoxy) is 2. The monoisotopic (exact) mass is 166 g/mol. The predicted octanol–water partition coefficient (Wildman–Crippen LogP) is 0.914. The summed E-state index contributed by atoms with van der Waals surface area (Å²) in [7, 11) is 0. The summed E-state index contributed by atoms with van der Waals surface area (Å²) in [4.78, 5) is 0. The Labute approximate surface area is 70.5 Å². The molecule has 1 heterocycles. The fraction of sp³-hybridized carbons (Fsp3) is 0.333. The standard InChI is InChI=1S/C9H10O3/c10-5-9-11-6-7-3-1-2-4-8(7)12-9/h1-4,9-10H,5-6H2. The highest BCUT2D eigenvalue weighted by Crippen LogP contribution is 2.24. The minimum Gasteiger partial charge on any atom is -0.462 e. The Balaban J connectivity index is 2.23. The fourth-order valence-electron chi connectivity index (χ4n) is 1.19. The third-order valence-corrected chi connectivity index (χ3v) is 1.80. The molecule has 64 valence electrons. The number of rotatable bonds is 1. The quantitative estimate of drug-likeness (QED) is 0.674. The second-order valence-electron chi connectivity index (χ2n) is 2.65. The van der Waals surface area contributed by atoms with Crippen LogP contribution in [0.1, 0.15) is 5.56 Å². The van der Waals surface area contributed by atoms with Crippen molar-refractivity contribution in [3.8, 4) is 5.75 Å². The van der Waals surface area contributed by atoms with E-state index in [0.717, 1.165) is 11.3 Å². The van der Waals surface area contributed by atoms with E-state index in [1.54, 1.807) is 0 Å². The van der Waals surface area contributed by atoms with Crippen molar-refractivity contribution in [1.29, 1.82) is 0 Å². The molecule has 1 N–H and O–H groups in total. The molecule has 1 aromatic rings. The first-order valence-corrected chi connectivity index (χ1v) is 3.87. The van der Waals surface area contributed by atoms with Crippen molar-refractivity contribution in [2.75, 3.05) is 6.61 Å². The summed E-state index contributed by atoms with van der Waals surface area (Å²) in [6, 6.07) is 7.66. The van der Waals surface area contributed by atoms with Crippen molar-refractivity contribution < 1.29 is 14.6 Å². The number of hydrogen-bond acceptors (Lipinski definition) is 3. The normalized spacial score (nSPS) is 21.2. The summed E-state index contributed by atoms with van der Waals surface area (Å²) < 4.78 is 10.5. The van der Waals surface area contributed by atoms with Crippen molar-refractivity contribution in [1.82, 2.24) is 0 Å². The summed E-state index contributed by atoms with van der Waals surface area (Å²) in [6.45, 7) is 0.412. The second kappa shape index (κ2) is 3.13. The molecule has 3 nitrogen and oxygen atoms in total. The van der Waals surface area contributed by atoms with Gasteiger partial charge in [-0.1, -0.05) is 18.2 Å². The molecule has 0 amide bonds. The molecule has 2 rings (SSSR count). The zero-order valence-corrected chi connectivity index (χ0v) is 6.56. The Morgan fingerprint density at radius 1 is 1.42 bits per heavy atom. The number of para-hydroxylation sites is 1. The van der Waals surface area contributed by atoms with Gasteiger partial charge in [-0.05, 0) is 6.07 Å². The lowest BCUT2D eigenvalue weighted by molar-refractivity contribution is -0.130. The lowest BCUT2D eigenvalue weighted by Gasteiger charge is -2.24. The smallest absolute Gasteiger partial charge is 0.223 e. The molecule has 0 fully saturated rings. The van der Waals surface area contributed by atoms with Gasteiger partial charge in [0, 0.05) is 5.56 Å². The largest absolute Gasteiger partial charge is 0.462 e. The molecular formula is C9H10O3. The van der Waals surface area contributed by atoms with Gasteiger partial charge in [-0.2, -0.15) is 0 Å². The Morgan fingerprint density at radius 3 is 3.08 bits per heavy atom. The summed E-state index contributed by atoms with van der Waals surface area (Å²) in [5.74, 6) is 0.808. The highest BCUT2D eigenvalue weighted by molar-refractivity contribution is 5.33. The number of benzene rings is 1. The third kappa shape index (κ3) is 1.29. The molecule has 0 bridgehead atoms. The molecule has 0 saturated carbocycles. The van der Waals surface area contributed by atoms with E-state index in [1.807, 2.05) is 24.3 Å². The Bertz CT molecular complexity index is 272. The van der Waals surface area contributed by atoms with Crippen LogP contribution in [-0.2, 0) is 11.3 Å². The highest BCUT2D eigenvalue weighted by atomic mass is 16.7. The van der Waals surface area contributed by atoms with Gasteiger partial charge in [0.2, 0.25) is 6.29 Å². The van der Waals surface area contributed by atoms with Crippen LogP contribution >= 0.6 is 0 Å². The van der Waals surface area contributed by atoms with Crippen molar-refractivity contribution in [2.24, 2.45) is 0 Å². The SMILES string of the molecule is OCC1OCc2ccccc2O1. The third-order valence-electron chi connectivity index (χ3n) is 1.80. The predicted molar refractivity (Wildman–Crippen MR) is 42.7 cm³/mol. The van der Waals surface area contributed by atoms with E-state index in [9.17, 15) is 0 Å². The molecule has 1 atom stereocenters. The van der Waals surface area contributed by atoms with Gasteiger partial charge in [-0.15, -0.1) is 0 Å². The first-order valence-electron chi connectivity index (χ1n) is 3.87. The van der Waals surface area contributed by atoms with Crippen LogP contribution in [0.25, 0.3) is 0 Å². The minimum atomic E-state index is -0.500. The molecule has 12 heavy (non-hydrogen) atoms. The molecule has 1 aromatic carbocycles. The molecule has 0 saturated heterocycles. The van der Waals surface area contributed by atoms with E-state index in [2.05, 4.69) is 0 Å². The maximum Gasteiger partial charge on any atom is 0.223 e. The van der Waals surface area contributed by atoms with E-state index >= 15 is 0 Å². The summed E-state index contributed by atoms with van der Waals surface area (Å²) in [5.41, 5.74) is 1.03. The maximum atomic E-state index is 8.77. The van der Waals surface area contributed by atoms with Crippen molar-refractivity contribution >= 4 is 0 Å². The van der Waals surface area contributed by atoms with E-state index in [4.69, 9.17) is 14.6 Å². The van der Waals surface area contributed by atoms with Gasteiger partial charge in [-0.3, -0.25) is 0 Å². The highest BCUT2D eigenvalue weighted by Gasteiger charge is 2.17. The van der Waals surface area contributed by atoms with E-state index in [0.29, 0.717) is 6.61 Å². The molecule has 0 spiro atoms. The molecule has 1 aliphatic rings. The van der Waals surface area contributed by atoms with Crippen LogP contribution in [-0.4, -0.2) is 18.0 Å². The number of hydrogen-bond donors (Lipinski definition) is 1. The Morgan fingerprint density at radius 2 is 2.25 bits per heavy atom. The average Bonchev–Trinajstić information content (AvgIpc) is 2.17. The molecule has 0 aliphatic carbocycles. The van der Waals surface area contributed by atoms with Gasteiger partial charge in [-0.25, -0.2) is 0 Å². The van der Waals surface area contributed by atoms with Gasteiger partial charge < -0.3 is 14.6 Å². The van der Waals surface area contributed by atoms with Crippen molar-refractivity contribution in [2.45, 2.75) is 12.9 Å². The summed E-state index contributed by atoms with van der Waals surface area (Å²) in [5, 5.41) is 8.77. The van der Waals surface area contributed by atoms with Gasteiger partial charge in [0.05, 0.1) is 6.61 Å². The lowest BCUT2D eigenvalue weighted by Crippen LogP contribution is -2.28. The number of fused-ring (bicyclic) bond motifs is 1.